The fourth-order valence-electron chi connectivity index (χ4n) is 10.1. The number of nitrogens with zero attached hydrogens (tertiary/aromatic N) is 2. The van der Waals surface area contributed by atoms with Crippen LogP contribution in [0.4, 0.5) is 0 Å². The normalized spacial score (nSPS) is 11.9. The van der Waals surface area contributed by atoms with E-state index in [9.17, 15) is 0 Å². The molecular formula is C48H37B7N2S. The van der Waals surface area contributed by atoms with Crippen molar-refractivity contribution in [3.05, 3.63) is 140 Å². The molecule has 0 unspecified atom stereocenters. The first-order valence-electron chi connectivity index (χ1n) is 20.4. The summed E-state index contributed by atoms with van der Waals surface area (Å²) in [4.78, 5) is 0. The van der Waals surface area contributed by atoms with Gasteiger partial charge in [0.05, 0.1) is 11.0 Å². The number of rotatable bonds is 4. The summed E-state index contributed by atoms with van der Waals surface area (Å²) in [6, 6.07) is 51.6. The quantitative estimate of drug-likeness (QED) is 0.241. The van der Waals surface area contributed by atoms with Gasteiger partial charge in [0.2, 0.25) is 0 Å². The molecule has 3 heterocycles. The zero-order valence-corrected chi connectivity index (χ0v) is 34.9. The van der Waals surface area contributed by atoms with E-state index in [4.69, 9.17) is 0 Å². The summed E-state index contributed by atoms with van der Waals surface area (Å²) >= 11 is 1.88. The van der Waals surface area contributed by atoms with Crippen LogP contribution in [0.5, 0.6) is 0 Å². The van der Waals surface area contributed by atoms with Crippen molar-refractivity contribution in [3.8, 4) is 33.6 Å². The highest BCUT2D eigenvalue weighted by Crippen LogP contribution is 2.39. The number of aromatic nitrogens is 2. The Morgan fingerprint density at radius 3 is 1.76 bits per heavy atom. The molecule has 0 spiro atoms. The minimum absolute atomic E-state index is 1.17. The molecule has 0 N–H and O–H groups in total. The van der Waals surface area contributed by atoms with E-state index in [0.29, 0.717) is 0 Å². The van der Waals surface area contributed by atoms with Crippen LogP contribution in [0.3, 0.4) is 0 Å². The Hall–Kier alpha value is -5.97. The number of hydrogen-bond acceptors (Lipinski definition) is 1. The van der Waals surface area contributed by atoms with Gasteiger partial charge in [-0.3, -0.25) is 0 Å². The molecule has 0 aliphatic carbocycles. The van der Waals surface area contributed by atoms with E-state index in [-0.39, 0.29) is 0 Å². The smallest absolute Gasteiger partial charge is 0.141 e. The zero-order chi connectivity index (χ0) is 39.6. The van der Waals surface area contributed by atoms with Gasteiger partial charge in [-0.15, -0.1) is 16.8 Å². The lowest BCUT2D eigenvalue weighted by Crippen LogP contribution is -2.48. The van der Waals surface area contributed by atoms with Crippen molar-refractivity contribution in [1.29, 1.82) is 0 Å². The SMILES string of the molecule is Bc1c(B)c(B)c2c(c1B)c1c(B)c(-c3ccc4c(c3)c3ccc(-c5ccccc5)cc3n4-c3ccccc3)c(B)c(B)c1n2-c1ccc2sc3ccccc3c2c1. The van der Waals surface area contributed by atoms with Gasteiger partial charge in [0.25, 0.3) is 0 Å². The molecule has 0 fully saturated rings. The third kappa shape index (κ3) is 4.94. The van der Waals surface area contributed by atoms with Crippen LogP contribution in [0, 0.1) is 0 Å². The fraction of sp³-hybridized carbons (Fsp3) is 0. The van der Waals surface area contributed by atoms with Crippen LogP contribution in [0.15, 0.2) is 140 Å². The van der Waals surface area contributed by atoms with Crippen LogP contribution in [0.25, 0.3) is 97.4 Å². The Morgan fingerprint density at radius 1 is 0.345 bits per heavy atom. The predicted molar refractivity (Wildman–Crippen MR) is 276 cm³/mol. The monoisotopic (exact) mass is 750 g/mol. The largest absolute Gasteiger partial charge is 0.310 e. The molecule has 0 atom stereocenters. The molecule has 0 aliphatic heterocycles. The average Bonchev–Trinajstić information content (AvgIpc) is 3.92. The molecule has 11 rings (SSSR count). The molecular weight excluding hydrogens is 712 g/mol. The van der Waals surface area contributed by atoms with Crippen molar-refractivity contribution in [2.75, 3.05) is 0 Å². The van der Waals surface area contributed by atoms with Crippen LogP contribution in [0.2, 0.25) is 0 Å². The lowest BCUT2D eigenvalue weighted by Gasteiger charge is -2.19. The first kappa shape index (κ1) is 35.2. The average molecular weight is 750 g/mol. The van der Waals surface area contributed by atoms with E-state index in [1.807, 2.05) is 11.3 Å². The fourth-order valence-corrected chi connectivity index (χ4v) is 11.2. The lowest BCUT2D eigenvalue weighted by atomic mass is 9.64. The van der Waals surface area contributed by atoms with Gasteiger partial charge in [0, 0.05) is 58.7 Å². The number of thiophene rings is 1. The second kappa shape index (κ2) is 13.0. The van der Waals surface area contributed by atoms with Gasteiger partial charge in [-0.25, -0.2) is 0 Å². The molecule has 10 heteroatoms. The van der Waals surface area contributed by atoms with E-state index in [0.717, 1.165) is 0 Å². The molecule has 2 nitrogen and oxygen atoms in total. The van der Waals surface area contributed by atoms with E-state index in [2.05, 4.69) is 204 Å². The molecule has 8 aromatic carbocycles. The molecule has 266 valence electrons. The van der Waals surface area contributed by atoms with Gasteiger partial charge < -0.3 is 9.13 Å². The third-order valence-electron chi connectivity index (χ3n) is 13.4. The Morgan fingerprint density at radius 2 is 0.983 bits per heavy atom. The Kier molecular flexibility index (Phi) is 7.91. The van der Waals surface area contributed by atoms with Crippen molar-refractivity contribution in [1.82, 2.24) is 9.13 Å². The predicted octanol–water partition coefficient (Wildman–Crippen LogP) is 1.39. The van der Waals surface area contributed by atoms with E-state index >= 15 is 0 Å². The van der Waals surface area contributed by atoms with Crippen molar-refractivity contribution in [3.63, 3.8) is 0 Å². The molecule has 0 radical (unpaired) electrons. The van der Waals surface area contributed by atoms with Crippen molar-refractivity contribution >= 4 is 168 Å². The van der Waals surface area contributed by atoms with Crippen molar-refractivity contribution in [2.45, 2.75) is 0 Å². The van der Waals surface area contributed by atoms with Crippen molar-refractivity contribution < 1.29 is 0 Å². The first-order valence-corrected chi connectivity index (χ1v) is 21.2. The Labute approximate surface area is 348 Å². The van der Waals surface area contributed by atoms with Gasteiger partial charge in [-0.05, 0) is 82.2 Å². The zero-order valence-electron chi connectivity index (χ0n) is 34.1. The molecule has 3 aromatic heterocycles. The minimum atomic E-state index is 1.17. The summed E-state index contributed by atoms with van der Waals surface area (Å²) in [7, 11) is 16.3. The van der Waals surface area contributed by atoms with E-state index < -0.39 is 0 Å². The van der Waals surface area contributed by atoms with Crippen LogP contribution >= 0.6 is 11.3 Å². The summed E-state index contributed by atoms with van der Waals surface area (Å²) in [5.41, 5.74) is 22.0. The van der Waals surface area contributed by atoms with Gasteiger partial charge in [0.15, 0.2) is 0 Å². The maximum absolute atomic E-state index is 2.60. The van der Waals surface area contributed by atoms with Gasteiger partial charge in [-0.1, -0.05) is 118 Å². The number of hydrogen-bond donors (Lipinski definition) is 0. The highest BCUT2D eigenvalue weighted by Gasteiger charge is 2.25. The standard InChI is InChI=1S/C48H37B7N2S/c49-40-37(26-16-19-33-31(21-26)29-18-15-25(24-9-3-1-4-10-24)22-34(29)56(33)27-11-5-2-6-12-27)41(50)45(54)47-38(40)39-42(51)43(52)44(53)46(55)48(39)57(47)28-17-20-36-32(23-28)30-13-7-8-14-35(30)58-36/h1-23H,49-55H2. The number of para-hydroxylation sites is 1. The summed E-state index contributed by atoms with van der Waals surface area (Å²) in [6.45, 7) is 0. The summed E-state index contributed by atoms with van der Waals surface area (Å²) in [5, 5.41) is 7.93. The molecule has 0 bridgehead atoms. The Bertz CT molecular complexity index is 3530. The summed E-state index contributed by atoms with van der Waals surface area (Å²) < 4.78 is 7.71. The van der Waals surface area contributed by atoms with Crippen LogP contribution < -0.4 is 38.2 Å². The molecule has 0 saturated heterocycles. The number of fused-ring (bicyclic) bond motifs is 9. The molecule has 58 heavy (non-hydrogen) atoms. The molecule has 0 aliphatic rings. The summed E-state index contributed by atoms with van der Waals surface area (Å²) in [5.74, 6) is 0. The van der Waals surface area contributed by atoms with Gasteiger partial charge >= 0.3 is 0 Å². The summed E-state index contributed by atoms with van der Waals surface area (Å²) in [6.07, 6.45) is 0. The topological polar surface area (TPSA) is 9.86 Å². The highest BCUT2D eigenvalue weighted by molar-refractivity contribution is 7.25. The lowest BCUT2D eigenvalue weighted by molar-refractivity contribution is 1.18. The third-order valence-corrected chi connectivity index (χ3v) is 14.6. The van der Waals surface area contributed by atoms with Gasteiger partial charge in [-0.2, -0.15) is 0 Å². The second-order valence-electron chi connectivity index (χ2n) is 16.3. The second-order valence-corrected chi connectivity index (χ2v) is 17.4. The maximum Gasteiger partial charge on any atom is 0.141 e. The number of benzene rings is 8. The van der Waals surface area contributed by atoms with E-state index in [1.54, 1.807) is 0 Å². The molecule has 0 amide bonds. The van der Waals surface area contributed by atoms with Crippen LogP contribution in [-0.4, -0.2) is 64.1 Å². The van der Waals surface area contributed by atoms with Gasteiger partial charge in [0.1, 0.15) is 54.9 Å². The highest BCUT2D eigenvalue weighted by atomic mass is 32.1. The van der Waals surface area contributed by atoms with E-state index in [1.165, 1.54) is 136 Å². The molecule has 0 saturated carbocycles. The minimum Gasteiger partial charge on any atom is -0.310 e. The van der Waals surface area contributed by atoms with Crippen LogP contribution in [-0.2, 0) is 0 Å². The van der Waals surface area contributed by atoms with Crippen LogP contribution in [0.1, 0.15) is 0 Å². The Balaban J connectivity index is 1.21. The maximum atomic E-state index is 2.60. The first-order chi connectivity index (χ1) is 28.2. The molecule has 11 aromatic rings. The van der Waals surface area contributed by atoms with Crippen molar-refractivity contribution in [2.24, 2.45) is 0 Å².